The molecule has 0 spiro atoms. The smallest absolute Gasteiger partial charge is 0.321 e. The highest BCUT2D eigenvalue weighted by Gasteiger charge is 2.29. The molecule has 2 N–H and O–H groups in total. The minimum Gasteiger partial charge on any atom is -0.490 e. The van der Waals surface area contributed by atoms with Crippen LogP contribution < -0.4 is 15.4 Å². The Morgan fingerprint density at radius 2 is 2.00 bits per heavy atom. The molecule has 1 aliphatic heterocycles. The molecule has 2 aromatic carbocycles. The normalized spacial score (nSPS) is 17.1. The van der Waals surface area contributed by atoms with Gasteiger partial charge in [0.1, 0.15) is 5.76 Å². The summed E-state index contributed by atoms with van der Waals surface area (Å²) in [6, 6.07) is 16.6. The number of piperidine rings is 1. The first-order valence-corrected chi connectivity index (χ1v) is 11.1. The van der Waals surface area contributed by atoms with Crippen molar-refractivity contribution in [1.82, 2.24) is 10.2 Å². The molecule has 2 heterocycles. The van der Waals surface area contributed by atoms with E-state index in [0.29, 0.717) is 36.8 Å². The van der Waals surface area contributed by atoms with E-state index in [1.807, 2.05) is 68.4 Å². The summed E-state index contributed by atoms with van der Waals surface area (Å²) >= 11 is 0. The number of benzene rings is 2. The minimum atomic E-state index is -0.294. The van der Waals surface area contributed by atoms with E-state index in [2.05, 4.69) is 10.6 Å². The van der Waals surface area contributed by atoms with Crippen LogP contribution in [0, 0.1) is 5.92 Å². The summed E-state index contributed by atoms with van der Waals surface area (Å²) in [7, 11) is 0. The van der Waals surface area contributed by atoms with Crippen LogP contribution in [0.1, 0.15) is 38.5 Å². The van der Waals surface area contributed by atoms with Crippen molar-refractivity contribution in [1.29, 1.82) is 0 Å². The van der Waals surface area contributed by atoms with Crippen molar-refractivity contribution >= 4 is 28.6 Å². The Morgan fingerprint density at radius 3 is 2.78 bits per heavy atom. The number of nitrogens with one attached hydrogen (secondary N) is 2. The van der Waals surface area contributed by atoms with Crippen molar-refractivity contribution in [3.63, 3.8) is 0 Å². The fraction of sp³-hybridized carbons (Fsp3) is 0.360. The Hall–Kier alpha value is -3.48. The lowest BCUT2D eigenvalue weighted by Gasteiger charge is -2.32. The van der Waals surface area contributed by atoms with Crippen molar-refractivity contribution in [3.05, 3.63) is 60.4 Å². The standard InChI is InChI=1S/C25H29N3O4/c1-3-31-21-13-7-9-18-15-22(32-23(18)21)17(2)26-24(29)19-10-8-14-28(16-19)25(30)27-20-11-5-4-6-12-20/h4-7,9,11-13,15,17,19H,3,8,10,14,16H2,1-2H3,(H,26,29)(H,27,30). The molecule has 32 heavy (non-hydrogen) atoms. The van der Waals surface area contributed by atoms with Gasteiger partial charge in [0, 0.05) is 24.2 Å². The Kier molecular flexibility index (Phi) is 6.63. The van der Waals surface area contributed by atoms with E-state index < -0.39 is 0 Å². The van der Waals surface area contributed by atoms with Crippen LogP contribution in [0.3, 0.4) is 0 Å². The molecule has 0 saturated carbocycles. The number of furan rings is 1. The lowest BCUT2D eigenvalue weighted by Crippen LogP contribution is -2.47. The summed E-state index contributed by atoms with van der Waals surface area (Å²) in [6.45, 7) is 5.42. The van der Waals surface area contributed by atoms with Gasteiger partial charge in [-0.25, -0.2) is 4.79 Å². The first-order chi connectivity index (χ1) is 15.5. The molecule has 1 aliphatic rings. The van der Waals surface area contributed by atoms with Crippen LogP contribution in [0.5, 0.6) is 5.75 Å². The van der Waals surface area contributed by atoms with Crippen LogP contribution in [0.2, 0.25) is 0 Å². The number of rotatable bonds is 6. The number of carbonyl (C=O) groups excluding carboxylic acids is 2. The first-order valence-electron chi connectivity index (χ1n) is 11.1. The number of anilines is 1. The van der Waals surface area contributed by atoms with Crippen molar-refractivity contribution in [2.75, 3.05) is 25.0 Å². The highest BCUT2D eigenvalue weighted by Crippen LogP contribution is 2.31. The Labute approximate surface area is 187 Å². The van der Waals surface area contributed by atoms with Crippen molar-refractivity contribution in [2.24, 2.45) is 5.92 Å². The first kappa shape index (κ1) is 21.7. The molecule has 7 nitrogen and oxygen atoms in total. The van der Waals surface area contributed by atoms with Gasteiger partial charge >= 0.3 is 6.03 Å². The second-order valence-corrected chi connectivity index (χ2v) is 8.07. The third-order valence-corrected chi connectivity index (χ3v) is 5.72. The zero-order chi connectivity index (χ0) is 22.5. The van der Waals surface area contributed by atoms with Crippen LogP contribution in [-0.4, -0.2) is 36.5 Å². The number of urea groups is 1. The van der Waals surface area contributed by atoms with Crippen molar-refractivity contribution in [2.45, 2.75) is 32.7 Å². The second-order valence-electron chi connectivity index (χ2n) is 8.07. The summed E-state index contributed by atoms with van der Waals surface area (Å²) in [5.41, 5.74) is 1.43. The van der Waals surface area contributed by atoms with Gasteiger partial charge < -0.3 is 24.7 Å². The lowest BCUT2D eigenvalue weighted by molar-refractivity contribution is -0.127. The third kappa shape index (κ3) is 4.88. The number of likely N-dealkylation sites (tertiary alicyclic amines) is 1. The molecule has 0 bridgehead atoms. The number of para-hydroxylation sites is 2. The zero-order valence-corrected chi connectivity index (χ0v) is 18.5. The van der Waals surface area contributed by atoms with Gasteiger partial charge in [-0.1, -0.05) is 30.3 Å². The number of ether oxygens (including phenoxy) is 1. The SMILES string of the molecule is CCOc1cccc2cc(C(C)NC(=O)C3CCCN(C(=O)Nc4ccccc4)C3)oc12. The highest BCUT2D eigenvalue weighted by atomic mass is 16.5. The van der Waals surface area contributed by atoms with Gasteiger partial charge in [0.15, 0.2) is 11.3 Å². The number of nitrogens with zero attached hydrogens (tertiary/aromatic N) is 1. The van der Waals surface area contributed by atoms with Crippen LogP contribution >= 0.6 is 0 Å². The maximum Gasteiger partial charge on any atom is 0.321 e. The molecular weight excluding hydrogens is 406 g/mol. The Bertz CT molecular complexity index is 1080. The van der Waals surface area contributed by atoms with Gasteiger partial charge in [-0.15, -0.1) is 0 Å². The van der Waals surface area contributed by atoms with Gasteiger partial charge in [0.05, 0.1) is 18.6 Å². The van der Waals surface area contributed by atoms with E-state index in [-0.39, 0.29) is 23.9 Å². The fourth-order valence-corrected chi connectivity index (χ4v) is 4.04. The summed E-state index contributed by atoms with van der Waals surface area (Å²) in [6.07, 6.45) is 1.54. The number of carbonyl (C=O) groups is 2. The van der Waals surface area contributed by atoms with Crippen molar-refractivity contribution in [3.8, 4) is 5.75 Å². The van der Waals surface area contributed by atoms with E-state index in [4.69, 9.17) is 9.15 Å². The molecule has 168 valence electrons. The Balaban J connectivity index is 1.38. The van der Waals surface area contributed by atoms with E-state index in [0.717, 1.165) is 23.9 Å². The molecule has 3 aromatic rings. The molecule has 3 amide bonds. The highest BCUT2D eigenvalue weighted by molar-refractivity contribution is 5.90. The minimum absolute atomic E-state index is 0.0693. The molecule has 1 fully saturated rings. The topological polar surface area (TPSA) is 83.8 Å². The summed E-state index contributed by atoms with van der Waals surface area (Å²) in [5.74, 6) is 1.05. The number of hydrogen-bond donors (Lipinski definition) is 2. The molecule has 1 aromatic heterocycles. The molecule has 7 heteroatoms. The van der Waals surface area contributed by atoms with Gasteiger partial charge in [0.2, 0.25) is 5.91 Å². The summed E-state index contributed by atoms with van der Waals surface area (Å²) in [4.78, 5) is 27.3. The van der Waals surface area contributed by atoms with E-state index in [1.165, 1.54) is 0 Å². The van der Waals surface area contributed by atoms with E-state index in [9.17, 15) is 9.59 Å². The predicted molar refractivity (Wildman–Crippen MR) is 124 cm³/mol. The molecule has 1 saturated heterocycles. The van der Waals surface area contributed by atoms with Crippen LogP contribution in [0.15, 0.2) is 59.0 Å². The predicted octanol–water partition coefficient (Wildman–Crippen LogP) is 4.95. The summed E-state index contributed by atoms with van der Waals surface area (Å²) in [5, 5.41) is 6.89. The van der Waals surface area contributed by atoms with Gasteiger partial charge in [0.25, 0.3) is 0 Å². The van der Waals surface area contributed by atoms with Crippen LogP contribution in [0.4, 0.5) is 10.5 Å². The monoisotopic (exact) mass is 435 g/mol. The number of hydrogen-bond acceptors (Lipinski definition) is 4. The molecular formula is C25H29N3O4. The second kappa shape index (κ2) is 9.77. The zero-order valence-electron chi connectivity index (χ0n) is 18.5. The van der Waals surface area contributed by atoms with Gasteiger partial charge in [-0.05, 0) is 51.0 Å². The van der Waals surface area contributed by atoms with Crippen LogP contribution in [0.25, 0.3) is 11.0 Å². The average molecular weight is 436 g/mol. The quantitative estimate of drug-likeness (QED) is 0.574. The van der Waals surface area contributed by atoms with Crippen molar-refractivity contribution < 1.29 is 18.7 Å². The van der Waals surface area contributed by atoms with E-state index >= 15 is 0 Å². The fourth-order valence-electron chi connectivity index (χ4n) is 4.04. The van der Waals surface area contributed by atoms with Gasteiger partial charge in [-0.2, -0.15) is 0 Å². The maximum atomic E-state index is 13.0. The third-order valence-electron chi connectivity index (χ3n) is 5.72. The maximum absolute atomic E-state index is 13.0. The average Bonchev–Trinajstić information content (AvgIpc) is 3.26. The number of amides is 3. The lowest BCUT2D eigenvalue weighted by atomic mass is 9.97. The number of fused-ring (bicyclic) bond motifs is 1. The van der Waals surface area contributed by atoms with Crippen LogP contribution in [-0.2, 0) is 4.79 Å². The molecule has 0 radical (unpaired) electrons. The summed E-state index contributed by atoms with van der Waals surface area (Å²) < 4.78 is 11.7. The Morgan fingerprint density at radius 1 is 1.19 bits per heavy atom. The molecule has 0 aliphatic carbocycles. The van der Waals surface area contributed by atoms with E-state index in [1.54, 1.807) is 4.90 Å². The molecule has 4 rings (SSSR count). The molecule has 2 unspecified atom stereocenters. The molecule has 2 atom stereocenters. The van der Waals surface area contributed by atoms with Gasteiger partial charge in [-0.3, -0.25) is 4.79 Å². The largest absolute Gasteiger partial charge is 0.490 e.